The number of sulfonamides is 1. The van der Waals surface area contributed by atoms with Crippen molar-refractivity contribution in [3.8, 4) is 5.75 Å². The highest BCUT2D eigenvalue weighted by Crippen LogP contribution is 2.47. The molecule has 4 aliphatic rings. The summed E-state index contributed by atoms with van der Waals surface area (Å²) in [7, 11) is -2.28. The van der Waals surface area contributed by atoms with Gasteiger partial charge in [-0.05, 0) is 99.5 Å². The lowest BCUT2D eigenvalue weighted by molar-refractivity contribution is -0.0442. The maximum absolute atomic E-state index is 13.5. The van der Waals surface area contributed by atoms with Crippen molar-refractivity contribution in [2.45, 2.75) is 76.1 Å². The van der Waals surface area contributed by atoms with Crippen molar-refractivity contribution in [2.24, 2.45) is 17.8 Å². The number of nitrogens with one attached hydrogen (secondary N) is 1. The van der Waals surface area contributed by atoms with Crippen molar-refractivity contribution < 1.29 is 36.9 Å². The molecule has 10 nitrogen and oxygen atoms in total. The van der Waals surface area contributed by atoms with Crippen LogP contribution in [0.5, 0.6) is 5.75 Å². The van der Waals surface area contributed by atoms with Gasteiger partial charge in [0.2, 0.25) is 10.0 Å². The van der Waals surface area contributed by atoms with Crippen molar-refractivity contribution >= 4 is 21.6 Å². The molecule has 2 aromatic rings. The summed E-state index contributed by atoms with van der Waals surface area (Å²) >= 11 is 0. The van der Waals surface area contributed by atoms with E-state index in [2.05, 4.69) is 46.9 Å². The number of rotatable bonds is 10. The number of benzene rings is 2. The third kappa shape index (κ3) is 8.82. The van der Waals surface area contributed by atoms with E-state index in [1.807, 2.05) is 19.1 Å². The zero-order valence-corrected chi connectivity index (χ0v) is 31.6. The van der Waals surface area contributed by atoms with E-state index in [-0.39, 0.29) is 17.4 Å². The number of carbonyl (C=O) groups excluding carboxylic acids is 1. The minimum Gasteiger partial charge on any atom is -0.490 e. The Morgan fingerprint density at radius 3 is 2.55 bits per heavy atom. The molecule has 2 heterocycles. The van der Waals surface area contributed by atoms with E-state index in [9.17, 15) is 13.2 Å². The van der Waals surface area contributed by atoms with Gasteiger partial charge in [-0.1, -0.05) is 42.8 Å². The highest BCUT2D eigenvalue weighted by molar-refractivity contribution is 7.90. The quantitative estimate of drug-likeness (QED) is 0.247. The van der Waals surface area contributed by atoms with Crippen LogP contribution in [0.4, 0.5) is 5.69 Å². The van der Waals surface area contributed by atoms with Gasteiger partial charge in [-0.15, -0.1) is 0 Å². The van der Waals surface area contributed by atoms with E-state index in [0.29, 0.717) is 70.1 Å². The Labute approximate surface area is 304 Å². The molecular weight excluding hydrogens is 669 g/mol. The van der Waals surface area contributed by atoms with Crippen LogP contribution in [0, 0.1) is 24.7 Å². The first-order valence-corrected chi connectivity index (χ1v) is 20.3. The summed E-state index contributed by atoms with van der Waals surface area (Å²) in [6.07, 6.45) is 9.88. The van der Waals surface area contributed by atoms with Crippen LogP contribution >= 0.6 is 0 Å². The van der Waals surface area contributed by atoms with Gasteiger partial charge in [0.25, 0.3) is 5.91 Å². The summed E-state index contributed by atoms with van der Waals surface area (Å²) in [6, 6.07) is 12.2. The van der Waals surface area contributed by atoms with Gasteiger partial charge in [-0.3, -0.25) is 4.79 Å². The van der Waals surface area contributed by atoms with Gasteiger partial charge in [-0.25, -0.2) is 13.1 Å². The maximum atomic E-state index is 13.5. The number of aryl methyl sites for hydroxylation is 2. The zero-order valence-electron chi connectivity index (χ0n) is 30.7. The van der Waals surface area contributed by atoms with E-state index in [4.69, 9.17) is 23.7 Å². The minimum absolute atomic E-state index is 0.126. The highest BCUT2D eigenvalue weighted by atomic mass is 32.2. The monoisotopic (exact) mass is 724 g/mol. The van der Waals surface area contributed by atoms with Crippen molar-refractivity contribution in [3.63, 3.8) is 0 Å². The van der Waals surface area contributed by atoms with Gasteiger partial charge in [0.05, 0.1) is 63.3 Å². The fourth-order valence-corrected chi connectivity index (χ4v) is 9.47. The van der Waals surface area contributed by atoms with Gasteiger partial charge >= 0.3 is 0 Å². The summed E-state index contributed by atoms with van der Waals surface area (Å²) in [5.41, 5.74) is 4.94. The molecule has 1 spiro atoms. The van der Waals surface area contributed by atoms with Crippen LogP contribution < -0.4 is 14.4 Å². The number of hydrogen-bond donors (Lipinski definition) is 1. The molecule has 0 unspecified atom stereocenters. The zero-order chi connectivity index (χ0) is 36.0. The molecule has 6 rings (SSSR count). The number of allylic oxidation sites excluding steroid dienone is 1. The number of carbonyl (C=O) groups is 1. The second-order valence-electron chi connectivity index (χ2n) is 15.0. The molecule has 1 fully saturated rings. The SMILES string of the molecule is COCCOCCOCCO[C@H]1/C=C/C[C@H](C)[C@@H](C)S(=O)(=O)NC(=O)c2ccc3c(c2)N(C[C@@H]2CC[C@H]21)C[C@@]1(CCCc2cc(C)ccc21)CO3. The van der Waals surface area contributed by atoms with Crippen molar-refractivity contribution in [1.29, 1.82) is 0 Å². The molecule has 2 bridgehead atoms. The molecule has 1 N–H and O–H groups in total. The highest BCUT2D eigenvalue weighted by Gasteiger charge is 2.44. The fourth-order valence-electron chi connectivity index (χ4n) is 8.19. The number of methoxy groups -OCH3 is 1. The van der Waals surface area contributed by atoms with Crippen LogP contribution in [0.3, 0.4) is 0 Å². The summed E-state index contributed by atoms with van der Waals surface area (Å²) in [4.78, 5) is 16.0. The number of hydrogen-bond acceptors (Lipinski definition) is 9. The Morgan fingerprint density at radius 1 is 1.00 bits per heavy atom. The lowest BCUT2D eigenvalue weighted by Gasteiger charge is -2.46. The van der Waals surface area contributed by atoms with Crippen LogP contribution in [-0.2, 0) is 40.8 Å². The molecule has 280 valence electrons. The number of anilines is 1. The van der Waals surface area contributed by atoms with Crippen LogP contribution in [-0.4, -0.2) is 92.1 Å². The lowest BCUT2D eigenvalue weighted by Crippen LogP contribution is -2.49. The number of fused-ring (bicyclic) bond motifs is 4. The Hall–Kier alpha value is -2.96. The lowest BCUT2D eigenvalue weighted by atomic mass is 9.68. The fraction of sp³-hybridized carbons (Fsp3) is 0.625. The predicted molar refractivity (Wildman–Crippen MR) is 198 cm³/mol. The smallest absolute Gasteiger partial charge is 0.264 e. The van der Waals surface area contributed by atoms with E-state index in [1.165, 1.54) is 16.7 Å². The Bertz CT molecular complexity index is 1650. The summed E-state index contributed by atoms with van der Waals surface area (Å²) in [5, 5.41) is -0.773. The molecular formula is C40H56N2O8S. The van der Waals surface area contributed by atoms with Gasteiger partial charge in [0.15, 0.2) is 0 Å². The summed E-state index contributed by atoms with van der Waals surface area (Å²) in [5.74, 6) is 0.546. The molecule has 0 aromatic heterocycles. The minimum atomic E-state index is -3.93. The number of amides is 1. The molecule has 2 aliphatic heterocycles. The van der Waals surface area contributed by atoms with Crippen LogP contribution in [0.1, 0.15) is 73.0 Å². The molecule has 1 amide bonds. The van der Waals surface area contributed by atoms with E-state index in [0.717, 1.165) is 56.6 Å². The molecule has 1 saturated carbocycles. The number of nitrogens with zero attached hydrogens (tertiary/aromatic N) is 1. The third-order valence-electron chi connectivity index (χ3n) is 11.5. The third-order valence-corrected chi connectivity index (χ3v) is 13.5. The molecule has 0 radical (unpaired) electrons. The van der Waals surface area contributed by atoms with E-state index >= 15 is 0 Å². The van der Waals surface area contributed by atoms with Gasteiger partial charge in [0.1, 0.15) is 5.75 Å². The Balaban J connectivity index is 1.29. The number of ether oxygens (including phenoxy) is 5. The van der Waals surface area contributed by atoms with Crippen LogP contribution in [0.25, 0.3) is 0 Å². The molecule has 51 heavy (non-hydrogen) atoms. The molecule has 0 saturated heterocycles. The molecule has 2 aromatic carbocycles. The average molecular weight is 725 g/mol. The van der Waals surface area contributed by atoms with Crippen molar-refractivity contribution in [1.82, 2.24) is 4.72 Å². The van der Waals surface area contributed by atoms with Gasteiger partial charge in [0, 0.05) is 31.2 Å². The Kier molecular flexibility index (Phi) is 12.4. The molecule has 11 heteroatoms. The summed E-state index contributed by atoms with van der Waals surface area (Å²) < 4.78 is 58.8. The molecule has 2 aliphatic carbocycles. The standard InChI is InChI=1S/C40H56N2O8S/c1-28-10-14-35-31(23-28)8-6-16-40(35)26-42-25-33-11-13-34(33)37(49-22-21-48-20-19-47-18-17-46-4)9-5-7-29(2)30(3)51(44,45)41-39(43)32-12-15-38(50-27-40)36(42)24-32/h5,9-10,12,14-15,23-24,29-30,33-34,37H,6-8,11,13,16-22,25-27H2,1-4H3,(H,41,43)/b9-5+/t29-,30+,33-,34+,37-,40-/m0/s1. The summed E-state index contributed by atoms with van der Waals surface area (Å²) in [6.45, 7) is 10.8. The first kappa shape index (κ1) is 37.8. The first-order chi connectivity index (χ1) is 24.6. The van der Waals surface area contributed by atoms with Gasteiger partial charge < -0.3 is 28.6 Å². The normalized spacial score (nSPS) is 29.5. The Morgan fingerprint density at radius 2 is 1.78 bits per heavy atom. The van der Waals surface area contributed by atoms with Gasteiger partial charge in [-0.2, -0.15) is 0 Å². The second-order valence-corrected chi connectivity index (χ2v) is 17.1. The van der Waals surface area contributed by atoms with Crippen LogP contribution in [0.15, 0.2) is 48.6 Å². The van der Waals surface area contributed by atoms with Crippen LogP contribution in [0.2, 0.25) is 0 Å². The second kappa shape index (κ2) is 16.8. The topological polar surface area (TPSA) is 113 Å². The van der Waals surface area contributed by atoms with E-state index < -0.39 is 21.2 Å². The average Bonchev–Trinajstić information content (AvgIpc) is 3.24. The maximum Gasteiger partial charge on any atom is 0.264 e. The first-order valence-electron chi connectivity index (χ1n) is 18.7. The predicted octanol–water partition coefficient (Wildman–Crippen LogP) is 5.60. The van der Waals surface area contributed by atoms with Crippen molar-refractivity contribution in [2.75, 3.05) is 71.3 Å². The molecule has 6 atom stereocenters. The van der Waals surface area contributed by atoms with E-state index in [1.54, 1.807) is 20.1 Å². The largest absolute Gasteiger partial charge is 0.490 e. The van der Waals surface area contributed by atoms with Crippen molar-refractivity contribution in [3.05, 3.63) is 70.8 Å².